The lowest BCUT2D eigenvalue weighted by molar-refractivity contribution is -0.120. The van der Waals surface area contributed by atoms with Gasteiger partial charge in [0.2, 0.25) is 5.91 Å². The van der Waals surface area contributed by atoms with Crippen LogP contribution in [0, 0.1) is 0 Å². The maximum Gasteiger partial charge on any atom is 0.408 e. The van der Waals surface area contributed by atoms with E-state index < -0.39 is 11.7 Å². The molecule has 7 nitrogen and oxygen atoms in total. The molecule has 0 spiro atoms. The monoisotopic (exact) mass is 301 g/mol. The van der Waals surface area contributed by atoms with Gasteiger partial charge in [-0.15, -0.1) is 0 Å². The third-order valence-corrected chi connectivity index (χ3v) is 2.87. The van der Waals surface area contributed by atoms with Crippen molar-refractivity contribution in [1.29, 1.82) is 0 Å². The number of hydrogen-bond donors (Lipinski definition) is 2. The number of alkyl carbamates (subject to hydrolysis) is 1. The van der Waals surface area contributed by atoms with E-state index in [9.17, 15) is 9.59 Å². The standard InChI is InChI=1S/C14H27N3O4/c1-14(2,3)21-13(19)16-11-12(18)15-5-4-6-17-7-9-20-10-8-17/h4-11H2,1-3H3,(H,15,18)(H,16,19). The SMILES string of the molecule is CC(C)(C)OC(=O)NCC(=O)NCCCN1CCOCC1. The summed E-state index contributed by atoms with van der Waals surface area (Å²) in [6, 6.07) is 0. The highest BCUT2D eigenvalue weighted by Crippen LogP contribution is 2.06. The van der Waals surface area contributed by atoms with Crippen molar-refractivity contribution in [2.75, 3.05) is 45.9 Å². The van der Waals surface area contributed by atoms with Crippen LogP contribution in [0.4, 0.5) is 4.79 Å². The number of ether oxygens (including phenoxy) is 2. The zero-order chi connectivity index (χ0) is 15.7. The van der Waals surface area contributed by atoms with Crippen LogP contribution >= 0.6 is 0 Å². The lowest BCUT2D eigenvalue weighted by Gasteiger charge is -2.26. The van der Waals surface area contributed by atoms with E-state index in [1.807, 2.05) is 0 Å². The molecule has 0 saturated carbocycles. The van der Waals surface area contributed by atoms with Crippen molar-refractivity contribution in [3.8, 4) is 0 Å². The lowest BCUT2D eigenvalue weighted by atomic mass is 10.2. The molecule has 0 atom stereocenters. The molecule has 1 fully saturated rings. The van der Waals surface area contributed by atoms with E-state index in [0.717, 1.165) is 39.3 Å². The molecule has 1 heterocycles. The Morgan fingerprint density at radius 1 is 1.19 bits per heavy atom. The molecule has 1 aliphatic rings. The quantitative estimate of drug-likeness (QED) is 0.692. The second kappa shape index (κ2) is 8.84. The second-order valence-corrected chi connectivity index (χ2v) is 6.01. The first-order valence-electron chi connectivity index (χ1n) is 7.40. The van der Waals surface area contributed by atoms with E-state index in [2.05, 4.69) is 15.5 Å². The zero-order valence-corrected chi connectivity index (χ0v) is 13.2. The van der Waals surface area contributed by atoms with Gasteiger partial charge >= 0.3 is 6.09 Å². The summed E-state index contributed by atoms with van der Waals surface area (Å²) in [7, 11) is 0. The molecule has 0 bridgehead atoms. The van der Waals surface area contributed by atoms with Crippen molar-refractivity contribution in [2.45, 2.75) is 32.8 Å². The maximum absolute atomic E-state index is 11.5. The molecule has 0 aliphatic carbocycles. The topological polar surface area (TPSA) is 79.9 Å². The van der Waals surface area contributed by atoms with E-state index in [1.54, 1.807) is 20.8 Å². The predicted molar refractivity (Wildman–Crippen MR) is 79.1 cm³/mol. The fraction of sp³-hybridized carbons (Fsp3) is 0.857. The Morgan fingerprint density at radius 2 is 1.86 bits per heavy atom. The molecule has 1 saturated heterocycles. The summed E-state index contributed by atoms with van der Waals surface area (Å²) in [4.78, 5) is 25.2. The molecule has 0 aromatic carbocycles. The number of nitrogens with one attached hydrogen (secondary N) is 2. The Morgan fingerprint density at radius 3 is 2.48 bits per heavy atom. The molecule has 1 aliphatic heterocycles. The third kappa shape index (κ3) is 9.25. The Kier molecular flexibility index (Phi) is 7.45. The summed E-state index contributed by atoms with van der Waals surface area (Å²) in [5.74, 6) is -0.206. The highest BCUT2D eigenvalue weighted by molar-refractivity contribution is 5.82. The minimum absolute atomic E-state index is 0.0630. The molecule has 0 aromatic heterocycles. The van der Waals surface area contributed by atoms with Gasteiger partial charge in [-0.1, -0.05) is 0 Å². The Hall–Kier alpha value is -1.34. The average Bonchev–Trinajstić information content (AvgIpc) is 2.41. The van der Waals surface area contributed by atoms with Crippen molar-refractivity contribution in [3.05, 3.63) is 0 Å². The first-order valence-corrected chi connectivity index (χ1v) is 7.40. The van der Waals surface area contributed by atoms with Gasteiger partial charge in [0.25, 0.3) is 0 Å². The summed E-state index contributed by atoms with van der Waals surface area (Å²) in [5, 5.41) is 5.20. The number of nitrogens with zero attached hydrogens (tertiary/aromatic N) is 1. The normalized spacial score (nSPS) is 16.3. The average molecular weight is 301 g/mol. The van der Waals surface area contributed by atoms with Crippen LogP contribution < -0.4 is 10.6 Å². The van der Waals surface area contributed by atoms with E-state index in [4.69, 9.17) is 9.47 Å². The summed E-state index contributed by atoms with van der Waals surface area (Å²) >= 11 is 0. The smallest absolute Gasteiger partial charge is 0.408 e. The number of morpholine rings is 1. The highest BCUT2D eigenvalue weighted by Gasteiger charge is 2.16. The summed E-state index contributed by atoms with van der Waals surface area (Å²) < 4.78 is 10.3. The number of carbonyl (C=O) groups excluding carboxylic acids is 2. The Balaban J connectivity index is 2.02. The predicted octanol–water partition coefficient (Wildman–Crippen LogP) is 0.350. The molecule has 2 amide bonds. The molecule has 2 N–H and O–H groups in total. The fourth-order valence-corrected chi connectivity index (χ4v) is 1.88. The van der Waals surface area contributed by atoms with Crippen LogP contribution in [0.1, 0.15) is 27.2 Å². The van der Waals surface area contributed by atoms with Gasteiger partial charge in [0.15, 0.2) is 0 Å². The maximum atomic E-state index is 11.5. The third-order valence-electron chi connectivity index (χ3n) is 2.87. The van der Waals surface area contributed by atoms with E-state index in [1.165, 1.54) is 0 Å². The van der Waals surface area contributed by atoms with Crippen LogP contribution in [0.25, 0.3) is 0 Å². The van der Waals surface area contributed by atoms with Crippen LogP contribution in [0.5, 0.6) is 0 Å². The molecular formula is C14H27N3O4. The van der Waals surface area contributed by atoms with Crippen molar-refractivity contribution in [3.63, 3.8) is 0 Å². The van der Waals surface area contributed by atoms with Crippen molar-refractivity contribution in [1.82, 2.24) is 15.5 Å². The molecule has 21 heavy (non-hydrogen) atoms. The van der Waals surface area contributed by atoms with E-state index in [-0.39, 0.29) is 12.5 Å². The van der Waals surface area contributed by atoms with Gasteiger partial charge in [-0.05, 0) is 33.7 Å². The van der Waals surface area contributed by atoms with Gasteiger partial charge in [-0.3, -0.25) is 9.69 Å². The van der Waals surface area contributed by atoms with Gasteiger partial charge < -0.3 is 20.1 Å². The fourth-order valence-electron chi connectivity index (χ4n) is 1.88. The molecule has 122 valence electrons. The molecule has 1 rings (SSSR count). The van der Waals surface area contributed by atoms with Crippen LogP contribution in [0.15, 0.2) is 0 Å². The minimum Gasteiger partial charge on any atom is -0.444 e. The summed E-state index contributed by atoms with van der Waals surface area (Å²) in [6.07, 6.45) is 0.309. The molecular weight excluding hydrogens is 274 g/mol. The minimum atomic E-state index is -0.578. The van der Waals surface area contributed by atoms with Gasteiger partial charge in [0.05, 0.1) is 19.8 Å². The van der Waals surface area contributed by atoms with Gasteiger partial charge in [0.1, 0.15) is 5.60 Å². The van der Waals surface area contributed by atoms with Crippen LogP contribution in [0.2, 0.25) is 0 Å². The Labute approximate surface area is 126 Å². The van der Waals surface area contributed by atoms with E-state index >= 15 is 0 Å². The van der Waals surface area contributed by atoms with E-state index in [0.29, 0.717) is 6.54 Å². The first kappa shape index (κ1) is 17.7. The van der Waals surface area contributed by atoms with Crippen LogP contribution in [-0.2, 0) is 14.3 Å². The number of hydrogen-bond acceptors (Lipinski definition) is 5. The number of amides is 2. The van der Waals surface area contributed by atoms with Crippen molar-refractivity contribution in [2.24, 2.45) is 0 Å². The summed E-state index contributed by atoms with van der Waals surface area (Å²) in [6.45, 7) is 10.3. The van der Waals surface area contributed by atoms with Crippen LogP contribution in [0.3, 0.4) is 0 Å². The molecule has 0 radical (unpaired) electrons. The molecule has 0 unspecified atom stereocenters. The summed E-state index contributed by atoms with van der Waals surface area (Å²) in [5.41, 5.74) is -0.557. The number of rotatable bonds is 6. The molecule has 0 aromatic rings. The van der Waals surface area contributed by atoms with Crippen LogP contribution in [-0.4, -0.2) is 68.4 Å². The van der Waals surface area contributed by atoms with Gasteiger partial charge in [-0.2, -0.15) is 0 Å². The van der Waals surface area contributed by atoms with Crippen molar-refractivity contribution < 1.29 is 19.1 Å². The highest BCUT2D eigenvalue weighted by atomic mass is 16.6. The molecule has 7 heteroatoms. The number of carbonyl (C=O) groups is 2. The first-order chi connectivity index (χ1) is 9.87. The van der Waals surface area contributed by atoms with Gasteiger partial charge in [-0.25, -0.2) is 4.79 Å². The lowest BCUT2D eigenvalue weighted by Crippen LogP contribution is -2.41. The largest absolute Gasteiger partial charge is 0.444 e. The second-order valence-electron chi connectivity index (χ2n) is 6.01. The van der Waals surface area contributed by atoms with Crippen molar-refractivity contribution >= 4 is 12.0 Å². The Bertz CT molecular complexity index is 336. The van der Waals surface area contributed by atoms with Gasteiger partial charge in [0, 0.05) is 19.6 Å². The zero-order valence-electron chi connectivity index (χ0n) is 13.2.